The van der Waals surface area contributed by atoms with Gasteiger partial charge in [0.2, 0.25) is 5.82 Å². The molecule has 2 amide bonds. The maximum Gasteiger partial charge on any atom is 0.417 e. The maximum atomic E-state index is 13.0. The summed E-state index contributed by atoms with van der Waals surface area (Å²) in [6, 6.07) is 5.94. The van der Waals surface area contributed by atoms with Crippen molar-refractivity contribution < 1.29 is 22.8 Å². The number of benzene rings is 1. The second-order valence-electron chi connectivity index (χ2n) is 5.80. The van der Waals surface area contributed by atoms with Crippen molar-refractivity contribution in [2.75, 3.05) is 12.4 Å². The number of hydrogen-bond acceptors (Lipinski definition) is 7. The number of alkyl halides is 3. The number of nitrogens with one attached hydrogen (secondary N) is 2. The normalized spacial score (nSPS) is 11.1. The van der Waals surface area contributed by atoms with Crippen molar-refractivity contribution in [2.45, 2.75) is 16.4 Å². The summed E-state index contributed by atoms with van der Waals surface area (Å²) in [5.41, 5.74) is -1.04. The average molecular weight is 469 g/mol. The Labute approximate surface area is 182 Å². The Hall–Kier alpha value is -3.25. The zero-order valence-electron chi connectivity index (χ0n) is 15.6. The summed E-state index contributed by atoms with van der Waals surface area (Å²) in [5, 5.41) is 5.06. The summed E-state index contributed by atoms with van der Waals surface area (Å²) >= 11 is 6.62. The third-order valence-corrected chi connectivity index (χ3v) is 4.86. The standard InChI is InChI=1S/C18H12ClF3N6O2S/c1-23-16(30)14-25-8-26-17(28-14)31-13-5-3-10(7-24-13)27-15(29)9-2-4-12(19)11(6-9)18(20,21)22/h2-8H,1H3,(H,23,30)(H,27,29). The molecule has 0 atom stereocenters. The van der Waals surface area contributed by atoms with E-state index in [0.29, 0.717) is 11.1 Å². The summed E-state index contributed by atoms with van der Waals surface area (Å²) < 4.78 is 38.9. The summed E-state index contributed by atoms with van der Waals surface area (Å²) in [6.45, 7) is 0. The van der Waals surface area contributed by atoms with Gasteiger partial charge in [-0.2, -0.15) is 18.2 Å². The smallest absolute Gasteiger partial charge is 0.352 e. The molecule has 2 heterocycles. The van der Waals surface area contributed by atoms with E-state index in [1.807, 2.05) is 0 Å². The minimum absolute atomic E-state index is 0.0509. The predicted molar refractivity (Wildman–Crippen MR) is 106 cm³/mol. The van der Waals surface area contributed by atoms with E-state index in [9.17, 15) is 22.8 Å². The van der Waals surface area contributed by atoms with Crippen LogP contribution in [0.25, 0.3) is 0 Å². The summed E-state index contributed by atoms with van der Waals surface area (Å²) in [5.74, 6) is -1.27. The van der Waals surface area contributed by atoms with E-state index in [4.69, 9.17) is 11.6 Å². The first-order valence-corrected chi connectivity index (χ1v) is 9.60. The van der Waals surface area contributed by atoms with Crippen molar-refractivity contribution >= 4 is 40.9 Å². The molecule has 2 aromatic heterocycles. The number of aromatic nitrogens is 4. The van der Waals surface area contributed by atoms with Crippen LogP contribution in [0.3, 0.4) is 0 Å². The quantitative estimate of drug-likeness (QED) is 0.587. The highest BCUT2D eigenvalue weighted by atomic mass is 35.5. The van der Waals surface area contributed by atoms with E-state index in [2.05, 4.69) is 30.6 Å². The first-order chi connectivity index (χ1) is 14.7. The molecule has 0 aliphatic carbocycles. The van der Waals surface area contributed by atoms with Gasteiger partial charge in [0.1, 0.15) is 11.4 Å². The van der Waals surface area contributed by atoms with Gasteiger partial charge in [0.25, 0.3) is 11.8 Å². The molecule has 3 rings (SSSR count). The van der Waals surface area contributed by atoms with Crippen molar-refractivity contribution in [1.82, 2.24) is 25.3 Å². The van der Waals surface area contributed by atoms with Crippen molar-refractivity contribution in [3.8, 4) is 0 Å². The maximum absolute atomic E-state index is 13.0. The van der Waals surface area contributed by atoms with Crippen LogP contribution >= 0.6 is 23.4 Å². The monoisotopic (exact) mass is 468 g/mol. The van der Waals surface area contributed by atoms with Gasteiger partial charge in [0.15, 0.2) is 5.16 Å². The zero-order chi connectivity index (χ0) is 22.6. The van der Waals surface area contributed by atoms with Gasteiger partial charge >= 0.3 is 6.18 Å². The zero-order valence-corrected chi connectivity index (χ0v) is 17.1. The van der Waals surface area contributed by atoms with Crippen molar-refractivity contribution in [3.63, 3.8) is 0 Å². The van der Waals surface area contributed by atoms with Crippen LogP contribution in [-0.2, 0) is 6.18 Å². The van der Waals surface area contributed by atoms with Gasteiger partial charge in [-0.1, -0.05) is 11.6 Å². The minimum Gasteiger partial charge on any atom is -0.352 e. The molecule has 0 unspecified atom stereocenters. The van der Waals surface area contributed by atoms with Gasteiger partial charge in [0.05, 0.1) is 22.5 Å². The topological polar surface area (TPSA) is 110 Å². The molecule has 0 aliphatic rings. The van der Waals surface area contributed by atoms with Crippen LogP contribution in [0.5, 0.6) is 0 Å². The molecule has 0 fully saturated rings. The van der Waals surface area contributed by atoms with Gasteiger partial charge in [-0.3, -0.25) is 9.59 Å². The lowest BCUT2D eigenvalue weighted by Gasteiger charge is -2.11. The largest absolute Gasteiger partial charge is 0.417 e. The molecule has 8 nitrogen and oxygen atoms in total. The summed E-state index contributed by atoms with van der Waals surface area (Å²) in [7, 11) is 1.45. The highest BCUT2D eigenvalue weighted by Gasteiger charge is 2.33. The Bertz CT molecular complexity index is 1130. The molecule has 3 aromatic rings. The molecule has 0 saturated carbocycles. The fourth-order valence-corrected chi connectivity index (χ4v) is 3.13. The van der Waals surface area contributed by atoms with Crippen molar-refractivity contribution in [3.05, 3.63) is 64.8 Å². The van der Waals surface area contributed by atoms with E-state index < -0.39 is 28.6 Å². The lowest BCUT2D eigenvalue weighted by Crippen LogP contribution is -2.21. The van der Waals surface area contributed by atoms with Gasteiger partial charge in [-0.15, -0.1) is 0 Å². The number of pyridine rings is 1. The molecule has 13 heteroatoms. The number of carbonyl (C=O) groups excluding carboxylic acids is 2. The second kappa shape index (κ2) is 9.27. The van der Waals surface area contributed by atoms with Crippen LogP contribution in [0, 0.1) is 0 Å². The third-order valence-electron chi connectivity index (χ3n) is 3.70. The molecule has 0 spiro atoms. The molecule has 0 aliphatic heterocycles. The van der Waals surface area contributed by atoms with Crippen LogP contribution in [0.2, 0.25) is 5.02 Å². The molecule has 2 N–H and O–H groups in total. The number of halogens is 4. The molecule has 160 valence electrons. The van der Waals surface area contributed by atoms with E-state index >= 15 is 0 Å². The van der Waals surface area contributed by atoms with Crippen LogP contribution < -0.4 is 10.6 Å². The number of rotatable bonds is 5. The minimum atomic E-state index is -4.68. The molecule has 0 saturated heterocycles. The highest BCUT2D eigenvalue weighted by Crippen LogP contribution is 2.35. The lowest BCUT2D eigenvalue weighted by atomic mass is 10.1. The Morgan fingerprint density at radius 2 is 1.84 bits per heavy atom. The van der Waals surface area contributed by atoms with Gasteiger partial charge in [-0.05, 0) is 42.1 Å². The van der Waals surface area contributed by atoms with Crippen molar-refractivity contribution in [1.29, 1.82) is 0 Å². The fourth-order valence-electron chi connectivity index (χ4n) is 2.25. The Morgan fingerprint density at radius 1 is 1.06 bits per heavy atom. The van der Waals surface area contributed by atoms with Crippen LogP contribution in [-0.4, -0.2) is 38.8 Å². The molecule has 1 aromatic carbocycles. The van der Waals surface area contributed by atoms with E-state index in [-0.39, 0.29) is 22.2 Å². The van der Waals surface area contributed by atoms with E-state index in [1.54, 1.807) is 6.07 Å². The number of anilines is 1. The van der Waals surface area contributed by atoms with Gasteiger partial charge in [0, 0.05) is 12.6 Å². The molecular weight excluding hydrogens is 457 g/mol. The van der Waals surface area contributed by atoms with Crippen LogP contribution in [0.1, 0.15) is 26.5 Å². The third kappa shape index (κ3) is 5.67. The number of hydrogen-bond donors (Lipinski definition) is 2. The number of nitrogens with zero attached hydrogens (tertiary/aromatic N) is 4. The average Bonchev–Trinajstić information content (AvgIpc) is 2.74. The SMILES string of the molecule is CNC(=O)c1ncnc(Sc2ccc(NC(=O)c3ccc(Cl)c(C(F)(F)F)c3)cn2)n1. The van der Waals surface area contributed by atoms with Crippen molar-refractivity contribution in [2.24, 2.45) is 0 Å². The Kier molecular flexibility index (Phi) is 6.71. The summed E-state index contributed by atoms with van der Waals surface area (Å²) in [4.78, 5) is 39.7. The first kappa shape index (κ1) is 22.4. The first-order valence-electron chi connectivity index (χ1n) is 8.40. The number of carbonyl (C=O) groups is 2. The van der Waals surface area contributed by atoms with E-state index in [1.165, 1.54) is 31.7 Å². The van der Waals surface area contributed by atoms with Gasteiger partial charge in [-0.25, -0.2) is 15.0 Å². The van der Waals surface area contributed by atoms with Crippen LogP contribution in [0.4, 0.5) is 18.9 Å². The molecule has 0 radical (unpaired) electrons. The van der Waals surface area contributed by atoms with Gasteiger partial charge < -0.3 is 10.6 Å². The molecule has 31 heavy (non-hydrogen) atoms. The van der Waals surface area contributed by atoms with E-state index in [0.717, 1.165) is 17.8 Å². The molecule has 0 bridgehead atoms. The fraction of sp³-hybridized carbons (Fsp3) is 0.111. The highest BCUT2D eigenvalue weighted by molar-refractivity contribution is 7.99. The lowest BCUT2D eigenvalue weighted by molar-refractivity contribution is -0.137. The van der Waals surface area contributed by atoms with Crippen LogP contribution in [0.15, 0.2) is 53.0 Å². The second-order valence-corrected chi connectivity index (χ2v) is 7.20. The Balaban J connectivity index is 1.70. The Morgan fingerprint density at radius 3 is 2.48 bits per heavy atom. The molecular formula is C18H12ClF3N6O2S. The number of amides is 2. The summed E-state index contributed by atoms with van der Waals surface area (Å²) in [6.07, 6.45) is -2.17. The predicted octanol–water partition coefficient (Wildman–Crippen LogP) is 3.70.